The first-order valence-electron chi connectivity index (χ1n) is 21.9. The van der Waals surface area contributed by atoms with Crippen LogP contribution in [0.15, 0.2) is 121 Å². The fourth-order valence-electron chi connectivity index (χ4n) is 8.65. The van der Waals surface area contributed by atoms with Crippen molar-refractivity contribution in [2.45, 2.75) is 46.2 Å². The normalized spacial score (nSPS) is 12.0. The summed E-state index contributed by atoms with van der Waals surface area (Å²) in [7, 11) is 11.7. The van der Waals surface area contributed by atoms with E-state index in [0.29, 0.717) is 16.5 Å². The SMILES string of the molecule is CCN(CC)c1c(C(Nc2ccc(Cc3ccc(NC(c4ccccc4)c4ccc(OC)c(N(C)C)c4N(CC)CC)c(Cl)c3)cc2Cl)c2ccccc2)ccc(OC)c1N(C)C. The number of hydrogen-bond donors (Lipinski definition) is 2. The van der Waals surface area contributed by atoms with Crippen molar-refractivity contribution in [1.29, 1.82) is 0 Å². The van der Waals surface area contributed by atoms with Crippen LogP contribution in [0.3, 0.4) is 0 Å². The van der Waals surface area contributed by atoms with Crippen LogP contribution in [-0.2, 0) is 6.42 Å². The number of methoxy groups -OCH3 is 2. The summed E-state index contributed by atoms with van der Waals surface area (Å²) >= 11 is 14.4. The zero-order valence-electron chi connectivity index (χ0n) is 38.6. The van der Waals surface area contributed by atoms with Gasteiger partial charge in [-0.2, -0.15) is 0 Å². The quantitative estimate of drug-likeness (QED) is 0.0786. The number of nitrogens with zero attached hydrogens (tertiary/aromatic N) is 4. The van der Waals surface area contributed by atoms with E-state index in [1.54, 1.807) is 14.2 Å². The second-order valence-electron chi connectivity index (χ2n) is 16.0. The Morgan fingerprint density at radius 2 is 0.841 bits per heavy atom. The van der Waals surface area contributed by atoms with Crippen LogP contribution in [0.4, 0.5) is 34.1 Å². The molecule has 0 aliphatic rings. The molecule has 0 spiro atoms. The number of hydrogen-bond acceptors (Lipinski definition) is 8. The molecule has 0 aliphatic carbocycles. The van der Waals surface area contributed by atoms with E-state index in [4.69, 9.17) is 32.7 Å². The molecule has 0 aromatic heterocycles. The van der Waals surface area contributed by atoms with Crippen LogP contribution in [0.5, 0.6) is 11.5 Å². The van der Waals surface area contributed by atoms with Gasteiger partial charge in [0.1, 0.15) is 22.9 Å². The molecule has 0 fully saturated rings. The highest BCUT2D eigenvalue weighted by Gasteiger charge is 2.28. The summed E-state index contributed by atoms with van der Waals surface area (Å²) < 4.78 is 11.8. The molecule has 0 aliphatic heterocycles. The smallest absolute Gasteiger partial charge is 0.144 e. The molecule has 0 saturated heterocycles. The van der Waals surface area contributed by atoms with Gasteiger partial charge in [0.2, 0.25) is 0 Å². The maximum absolute atomic E-state index is 7.19. The summed E-state index contributed by atoms with van der Waals surface area (Å²) in [6.45, 7) is 12.2. The van der Waals surface area contributed by atoms with E-state index >= 15 is 0 Å². The Balaban J connectivity index is 1.31. The minimum atomic E-state index is -0.191. The largest absolute Gasteiger partial charge is 0.495 e. The monoisotopic (exact) mass is 886 g/mol. The first-order valence-corrected chi connectivity index (χ1v) is 22.7. The van der Waals surface area contributed by atoms with Crippen LogP contribution in [0.25, 0.3) is 0 Å². The average molecular weight is 888 g/mol. The zero-order valence-corrected chi connectivity index (χ0v) is 40.1. The highest BCUT2D eigenvalue weighted by Crippen LogP contribution is 2.47. The number of halogens is 2. The van der Waals surface area contributed by atoms with Crippen molar-refractivity contribution in [3.05, 3.63) is 165 Å². The fourth-order valence-corrected chi connectivity index (χ4v) is 9.16. The van der Waals surface area contributed by atoms with Gasteiger partial charge in [-0.25, -0.2) is 0 Å². The first kappa shape index (κ1) is 46.8. The molecule has 0 amide bonds. The molecule has 0 radical (unpaired) electrons. The molecule has 6 aromatic carbocycles. The molecular formula is C53H64Cl2N6O2. The van der Waals surface area contributed by atoms with Crippen LogP contribution in [0, 0.1) is 0 Å². The van der Waals surface area contributed by atoms with Gasteiger partial charge in [0.15, 0.2) is 0 Å². The molecule has 332 valence electrons. The molecule has 2 unspecified atom stereocenters. The minimum absolute atomic E-state index is 0.191. The molecule has 2 atom stereocenters. The van der Waals surface area contributed by atoms with E-state index in [0.717, 1.165) is 105 Å². The predicted octanol–water partition coefficient (Wildman–Crippen LogP) is 12.8. The lowest BCUT2D eigenvalue weighted by molar-refractivity contribution is 0.415. The Morgan fingerprint density at radius 1 is 0.476 bits per heavy atom. The molecule has 0 heterocycles. The number of benzene rings is 6. The van der Waals surface area contributed by atoms with Crippen LogP contribution >= 0.6 is 23.2 Å². The molecule has 6 aromatic rings. The molecule has 0 saturated carbocycles. The van der Waals surface area contributed by atoms with Crippen LogP contribution < -0.4 is 39.7 Å². The lowest BCUT2D eigenvalue weighted by Crippen LogP contribution is -2.28. The minimum Gasteiger partial charge on any atom is -0.495 e. The van der Waals surface area contributed by atoms with E-state index in [9.17, 15) is 0 Å². The van der Waals surface area contributed by atoms with Crippen molar-refractivity contribution in [1.82, 2.24) is 0 Å². The van der Waals surface area contributed by atoms with Crippen LogP contribution in [0.2, 0.25) is 10.0 Å². The van der Waals surface area contributed by atoms with Gasteiger partial charge in [0, 0.05) is 65.5 Å². The van der Waals surface area contributed by atoms with Gasteiger partial charge in [-0.15, -0.1) is 0 Å². The third-order valence-corrected chi connectivity index (χ3v) is 12.4. The van der Waals surface area contributed by atoms with Crippen molar-refractivity contribution < 1.29 is 9.47 Å². The number of nitrogens with one attached hydrogen (secondary N) is 2. The molecular weight excluding hydrogens is 824 g/mol. The maximum atomic E-state index is 7.19. The standard InChI is InChI=1S/C53H64Cl2N6O2/c1-11-60(12-2)50-40(27-31-46(62-9)52(50)58(5)6)48(38-21-17-15-18-22-38)56-44-29-25-36(34-42(44)54)33-37-26-30-45(43(55)35-37)57-49(39-23-19-16-20-24-39)41-28-32-47(63-10)53(59(7)8)51(41)61(13-3)14-4/h15-32,34-35,48-49,56-57H,11-14,33H2,1-10H3. The summed E-state index contributed by atoms with van der Waals surface area (Å²) in [5.41, 5.74) is 12.8. The van der Waals surface area contributed by atoms with E-state index in [1.165, 1.54) is 0 Å². The highest BCUT2D eigenvalue weighted by molar-refractivity contribution is 6.33. The Bertz CT molecular complexity index is 2250. The molecule has 2 N–H and O–H groups in total. The lowest BCUT2D eigenvalue weighted by Gasteiger charge is -2.34. The Morgan fingerprint density at radius 3 is 1.14 bits per heavy atom. The topological polar surface area (TPSA) is 55.5 Å². The highest BCUT2D eigenvalue weighted by atomic mass is 35.5. The van der Waals surface area contributed by atoms with Crippen molar-refractivity contribution >= 4 is 57.3 Å². The first-order chi connectivity index (χ1) is 30.5. The van der Waals surface area contributed by atoms with E-state index < -0.39 is 0 Å². The van der Waals surface area contributed by atoms with Crippen LogP contribution in [0.1, 0.15) is 73.2 Å². The Hall–Kier alpha value is -5.70. The Labute approximate surface area is 386 Å². The predicted molar refractivity (Wildman–Crippen MR) is 271 cm³/mol. The average Bonchev–Trinajstić information content (AvgIpc) is 3.29. The number of rotatable bonds is 20. The third-order valence-electron chi connectivity index (χ3n) is 11.7. The van der Waals surface area contributed by atoms with Gasteiger partial charge in [-0.3, -0.25) is 0 Å². The molecule has 6 rings (SSSR count). The van der Waals surface area contributed by atoms with Gasteiger partial charge in [-0.1, -0.05) is 108 Å². The summed E-state index contributed by atoms with van der Waals surface area (Å²) in [5.74, 6) is 1.67. The van der Waals surface area contributed by atoms with Crippen LogP contribution in [-0.4, -0.2) is 68.6 Å². The maximum Gasteiger partial charge on any atom is 0.144 e. The van der Waals surface area contributed by atoms with E-state index in [2.05, 4.69) is 195 Å². The lowest BCUT2D eigenvalue weighted by atomic mass is 9.94. The fraction of sp³-hybridized carbons (Fsp3) is 0.321. The van der Waals surface area contributed by atoms with E-state index in [-0.39, 0.29) is 12.1 Å². The van der Waals surface area contributed by atoms with Crippen molar-refractivity contribution in [3.63, 3.8) is 0 Å². The third kappa shape index (κ3) is 10.4. The van der Waals surface area contributed by atoms with Gasteiger partial charge in [0.25, 0.3) is 0 Å². The second kappa shape index (κ2) is 21.6. The summed E-state index contributed by atoms with van der Waals surface area (Å²) in [4.78, 5) is 9.07. The number of ether oxygens (including phenoxy) is 2. The Kier molecular flexibility index (Phi) is 16.0. The van der Waals surface area contributed by atoms with Crippen molar-refractivity contribution in [3.8, 4) is 11.5 Å². The summed E-state index contributed by atoms with van der Waals surface area (Å²) in [5, 5.41) is 9.00. The zero-order chi connectivity index (χ0) is 45.2. The van der Waals surface area contributed by atoms with Crippen molar-refractivity contribution in [2.24, 2.45) is 0 Å². The molecule has 0 bridgehead atoms. The van der Waals surface area contributed by atoms with Gasteiger partial charge in [0.05, 0.1) is 59.1 Å². The van der Waals surface area contributed by atoms with Gasteiger partial charge < -0.3 is 39.7 Å². The van der Waals surface area contributed by atoms with E-state index in [1.807, 2.05) is 12.1 Å². The summed E-state index contributed by atoms with van der Waals surface area (Å²) in [6.07, 6.45) is 0.664. The molecule has 63 heavy (non-hydrogen) atoms. The second-order valence-corrected chi connectivity index (χ2v) is 16.8. The molecule has 8 nitrogen and oxygen atoms in total. The van der Waals surface area contributed by atoms with Gasteiger partial charge >= 0.3 is 0 Å². The summed E-state index contributed by atoms with van der Waals surface area (Å²) in [6, 6.07) is 41.8. The molecule has 10 heteroatoms. The number of anilines is 6. The van der Waals surface area contributed by atoms with Gasteiger partial charge in [-0.05, 0) is 92.8 Å². The van der Waals surface area contributed by atoms with Crippen molar-refractivity contribution in [2.75, 3.05) is 98.8 Å².